The summed E-state index contributed by atoms with van der Waals surface area (Å²) in [5, 5.41) is 3.42. The maximum absolute atomic E-state index is 5.97. The number of nitrogens with two attached hydrogens (primary N) is 1. The Morgan fingerprint density at radius 2 is 1.95 bits per heavy atom. The number of aromatic nitrogens is 2. The van der Waals surface area contributed by atoms with E-state index in [1.54, 1.807) is 0 Å². The molecule has 3 N–H and O–H groups in total. The van der Waals surface area contributed by atoms with Crippen LogP contribution < -0.4 is 11.1 Å². The van der Waals surface area contributed by atoms with Crippen molar-refractivity contribution in [2.45, 2.75) is 39.5 Å². The van der Waals surface area contributed by atoms with Crippen molar-refractivity contribution in [1.82, 2.24) is 9.97 Å². The molecule has 0 atom stereocenters. The number of para-hydroxylation sites is 1. The minimum absolute atomic E-state index is 0.451. The number of nitrogens with one attached hydrogen (secondary N) is 1. The monoisotopic (exact) mass is 270 g/mol. The third kappa shape index (κ3) is 3.07. The second kappa shape index (κ2) is 6.37. The highest BCUT2D eigenvalue weighted by Crippen LogP contribution is 2.28. The Morgan fingerprint density at radius 1 is 1.20 bits per heavy atom. The average molecular weight is 270 g/mol. The molecule has 0 bridgehead atoms. The third-order valence-corrected chi connectivity index (χ3v) is 3.31. The van der Waals surface area contributed by atoms with Crippen LogP contribution in [-0.4, -0.2) is 9.97 Å². The van der Waals surface area contributed by atoms with Gasteiger partial charge in [0.05, 0.1) is 0 Å². The van der Waals surface area contributed by atoms with Gasteiger partial charge in [0, 0.05) is 11.3 Å². The summed E-state index contributed by atoms with van der Waals surface area (Å²) in [6, 6.07) is 8.29. The van der Waals surface area contributed by atoms with E-state index in [1.807, 2.05) is 6.07 Å². The summed E-state index contributed by atoms with van der Waals surface area (Å²) < 4.78 is 0. The number of hydrogen-bond donors (Lipinski definition) is 2. The molecule has 0 radical (unpaired) electrons. The molecule has 0 spiro atoms. The Hall–Kier alpha value is -2.10. The minimum atomic E-state index is 0.451. The fourth-order valence-corrected chi connectivity index (χ4v) is 2.27. The second-order valence-electron chi connectivity index (χ2n) is 5.20. The van der Waals surface area contributed by atoms with E-state index >= 15 is 0 Å². The highest BCUT2D eigenvalue weighted by Gasteiger charge is 2.11. The van der Waals surface area contributed by atoms with Crippen molar-refractivity contribution >= 4 is 17.3 Å². The molecule has 0 amide bonds. The molecule has 1 aromatic carbocycles. The molecule has 4 nitrogen and oxygen atoms in total. The molecule has 1 heterocycles. The van der Waals surface area contributed by atoms with Gasteiger partial charge in [0.15, 0.2) is 0 Å². The van der Waals surface area contributed by atoms with Crippen molar-refractivity contribution in [3.63, 3.8) is 0 Å². The van der Waals surface area contributed by atoms with Crippen LogP contribution in [0.4, 0.5) is 17.3 Å². The van der Waals surface area contributed by atoms with E-state index in [2.05, 4.69) is 54.3 Å². The van der Waals surface area contributed by atoms with Gasteiger partial charge in [-0.3, -0.25) is 0 Å². The molecule has 2 aromatic rings. The van der Waals surface area contributed by atoms with Gasteiger partial charge in [-0.1, -0.05) is 45.4 Å². The predicted octanol–water partition coefficient (Wildman–Crippen LogP) is 3.88. The Bertz CT molecular complexity index is 578. The van der Waals surface area contributed by atoms with Crippen LogP contribution >= 0.6 is 0 Å². The molecule has 0 aliphatic heterocycles. The summed E-state index contributed by atoms with van der Waals surface area (Å²) in [5.74, 6) is 1.83. The smallest absolute Gasteiger partial charge is 0.139 e. The highest BCUT2D eigenvalue weighted by atomic mass is 15.0. The van der Waals surface area contributed by atoms with Gasteiger partial charge in [0.1, 0.15) is 18.0 Å². The van der Waals surface area contributed by atoms with Crippen molar-refractivity contribution in [1.29, 1.82) is 0 Å². The Kier molecular flexibility index (Phi) is 4.56. The number of anilines is 3. The summed E-state index contributed by atoms with van der Waals surface area (Å²) >= 11 is 0. The van der Waals surface area contributed by atoms with E-state index in [-0.39, 0.29) is 0 Å². The van der Waals surface area contributed by atoms with Crippen LogP contribution in [0, 0.1) is 0 Å². The molecular weight excluding hydrogens is 248 g/mol. The van der Waals surface area contributed by atoms with Gasteiger partial charge < -0.3 is 11.1 Å². The standard InChI is InChI=1S/C16H22N4/c1-4-7-13-15(17)18-10-19-16(13)20-14-9-6-5-8-12(14)11(2)3/h5-6,8-11H,4,7H2,1-3H3,(H3,17,18,19,20). The summed E-state index contributed by atoms with van der Waals surface area (Å²) in [4.78, 5) is 8.44. The molecule has 0 saturated carbocycles. The fourth-order valence-electron chi connectivity index (χ4n) is 2.27. The average Bonchev–Trinajstić information content (AvgIpc) is 2.43. The predicted molar refractivity (Wildman–Crippen MR) is 84.3 cm³/mol. The van der Waals surface area contributed by atoms with Gasteiger partial charge in [-0.15, -0.1) is 0 Å². The SMILES string of the molecule is CCCc1c(N)ncnc1Nc1ccccc1C(C)C. The van der Waals surface area contributed by atoms with E-state index in [0.717, 1.165) is 29.9 Å². The normalized spacial score (nSPS) is 10.8. The van der Waals surface area contributed by atoms with Crippen LogP contribution in [-0.2, 0) is 6.42 Å². The second-order valence-corrected chi connectivity index (χ2v) is 5.20. The van der Waals surface area contributed by atoms with Gasteiger partial charge in [-0.05, 0) is 24.0 Å². The molecule has 0 fully saturated rings. The van der Waals surface area contributed by atoms with Gasteiger partial charge >= 0.3 is 0 Å². The zero-order valence-electron chi connectivity index (χ0n) is 12.4. The summed E-state index contributed by atoms with van der Waals surface area (Å²) in [6.45, 7) is 6.49. The first-order valence-corrected chi connectivity index (χ1v) is 7.08. The van der Waals surface area contributed by atoms with Crippen molar-refractivity contribution in [3.05, 3.63) is 41.7 Å². The van der Waals surface area contributed by atoms with E-state index in [4.69, 9.17) is 5.73 Å². The van der Waals surface area contributed by atoms with E-state index in [9.17, 15) is 0 Å². The summed E-state index contributed by atoms with van der Waals surface area (Å²) in [5.41, 5.74) is 9.31. The van der Waals surface area contributed by atoms with Gasteiger partial charge in [-0.2, -0.15) is 0 Å². The number of nitrogen functional groups attached to an aromatic ring is 1. The third-order valence-electron chi connectivity index (χ3n) is 3.31. The van der Waals surface area contributed by atoms with E-state index in [0.29, 0.717) is 11.7 Å². The summed E-state index contributed by atoms with van der Waals surface area (Å²) in [7, 11) is 0. The van der Waals surface area contributed by atoms with Crippen molar-refractivity contribution < 1.29 is 0 Å². The van der Waals surface area contributed by atoms with E-state index in [1.165, 1.54) is 11.9 Å². The first kappa shape index (κ1) is 14.3. The Labute approximate surface area is 120 Å². The first-order valence-electron chi connectivity index (χ1n) is 7.08. The van der Waals surface area contributed by atoms with Gasteiger partial charge in [0.25, 0.3) is 0 Å². The lowest BCUT2D eigenvalue weighted by Crippen LogP contribution is -2.06. The number of hydrogen-bond acceptors (Lipinski definition) is 4. The molecule has 0 aliphatic rings. The molecule has 0 unspecified atom stereocenters. The maximum atomic E-state index is 5.97. The van der Waals surface area contributed by atoms with Crippen LogP contribution in [0.3, 0.4) is 0 Å². The quantitative estimate of drug-likeness (QED) is 0.865. The molecule has 2 rings (SSSR count). The van der Waals surface area contributed by atoms with Crippen LogP contribution in [0.15, 0.2) is 30.6 Å². The largest absolute Gasteiger partial charge is 0.383 e. The lowest BCUT2D eigenvalue weighted by atomic mass is 10.0. The van der Waals surface area contributed by atoms with Crippen molar-refractivity contribution in [3.8, 4) is 0 Å². The molecular formula is C16H22N4. The molecule has 20 heavy (non-hydrogen) atoms. The topological polar surface area (TPSA) is 63.8 Å². The first-order chi connectivity index (χ1) is 9.63. The van der Waals surface area contributed by atoms with Crippen LogP contribution in [0.5, 0.6) is 0 Å². The van der Waals surface area contributed by atoms with Crippen molar-refractivity contribution in [2.75, 3.05) is 11.1 Å². The van der Waals surface area contributed by atoms with Crippen LogP contribution in [0.25, 0.3) is 0 Å². The minimum Gasteiger partial charge on any atom is -0.383 e. The molecule has 106 valence electrons. The van der Waals surface area contributed by atoms with Crippen molar-refractivity contribution in [2.24, 2.45) is 0 Å². The number of rotatable bonds is 5. The van der Waals surface area contributed by atoms with E-state index < -0.39 is 0 Å². The fraction of sp³-hybridized carbons (Fsp3) is 0.375. The molecule has 1 aromatic heterocycles. The zero-order chi connectivity index (χ0) is 14.5. The Morgan fingerprint density at radius 3 is 2.65 bits per heavy atom. The molecule has 0 saturated heterocycles. The Balaban J connectivity index is 2.38. The lowest BCUT2D eigenvalue weighted by Gasteiger charge is -2.16. The molecule has 0 aliphatic carbocycles. The van der Waals surface area contributed by atoms with Gasteiger partial charge in [0.2, 0.25) is 0 Å². The highest BCUT2D eigenvalue weighted by molar-refractivity contribution is 5.66. The lowest BCUT2D eigenvalue weighted by molar-refractivity contribution is 0.867. The summed E-state index contributed by atoms with van der Waals surface area (Å²) in [6.07, 6.45) is 3.39. The van der Waals surface area contributed by atoms with Crippen LogP contribution in [0.1, 0.15) is 44.2 Å². The van der Waals surface area contributed by atoms with Gasteiger partial charge in [-0.25, -0.2) is 9.97 Å². The number of benzene rings is 1. The maximum Gasteiger partial charge on any atom is 0.139 e. The zero-order valence-corrected chi connectivity index (χ0v) is 12.4. The number of nitrogens with zero attached hydrogens (tertiary/aromatic N) is 2. The molecule has 4 heteroatoms. The van der Waals surface area contributed by atoms with Crippen LogP contribution in [0.2, 0.25) is 0 Å².